The van der Waals surface area contributed by atoms with E-state index in [1.54, 1.807) is 0 Å². The van der Waals surface area contributed by atoms with Crippen molar-refractivity contribution in [2.75, 3.05) is 11.5 Å². The predicted octanol–water partition coefficient (Wildman–Crippen LogP) is 1.95. The fraction of sp³-hybridized carbons (Fsp3) is 0.923. The molecule has 0 saturated carbocycles. The molecular weight excluding hydrogens is 321 g/mol. The van der Waals surface area contributed by atoms with Crippen LogP contribution in [0.1, 0.15) is 58.3 Å². The van der Waals surface area contributed by atoms with E-state index in [9.17, 15) is 13.2 Å². The number of nitrogens with two attached hydrogens (primary N) is 1. The van der Waals surface area contributed by atoms with Gasteiger partial charge in [-0.15, -0.1) is 0 Å². The number of hydrogen-bond donors (Lipinski definition) is 2. The van der Waals surface area contributed by atoms with Crippen LogP contribution >= 0.6 is 11.8 Å². The molecule has 0 spiro atoms. The second kappa shape index (κ2) is 14.3. The molecule has 5 nitrogen and oxygen atoms in total. The molecule has 0 heterocycles. The van der Waals surface area contributed by atoms with Crippen LogP contribution in [0.3, 0.4) is 0 Å². The van der Waals surface area contributed by atoms with Gasteiger partial charge in [-0.3, -0.25) is 9.35 Å². The zero-order valence-corrected chi connectivity index (χ0v) is 13.8. The molecule has 3 N–H and O–H groups in total. The Morgan fingerprint density at radius 2 is 1.57 bits per heavy atom. The summed E-state index contributed by atoms with van der Waals surface area (Å²) in [6.07, 6.45) is 9.71. The fourth-order valence-electron chi connectivity index (χ4n) is 1.84. The number of amides is 1. The van der Waals surface area contributed by atoms with Crippen molar-refractivity contribution in [1.82, 2.24) is 0 Å². The van der Waals surface area contributed by atoms with E-state index in [0.29, 0.717) is 0 Å². The average Bonchev–Trinajstić information content (AvgIpc) is 2.34. The van der Waals surface area contributed by atoms with Gasteiger partial charge in [0.25, 0.3) is 10.1 Å². The van der Waals surface area contributed by atoms with Gasteiger partial charge in [-0.2, -0.15) is 20.2 Å². The van der Waals surface area contributed by atoms with Crippen molar-refractivity contribution in [1.29, 1.82) is 0 Å². The molecule has 0 aliphatic carbocycles. The predicted molar refractivity (Wildman–Crippen MR) is 91.6 cm³/mol. The van der Waals surface area contributed by atoms with Crippen LogP contribution in [-0.4, -0.2) is 65.2 Å². The van der Waals surface area contributed by atoms with Crippen LogP contribution in [0.5, 0.6) is 0 Å². The van der Waals surface area contributed by atoms with Gasteiger partial charge in [0, 0.05) is 5.75 Å². The topological polar surface area (TPSA) is 97.5 Å². The molecule has 21 heavy (non-hydrogen) atoms. The van der Waals surface area contributed by atoms with Gasteiger partial charge in [0.2, 0.25) is 5.91 Å². The first-order valence-corrected chi connectivity index (χ1v) is 9.88. The zero-order valence-electron chi connectivity index (χ0n) is 12.2. The SMILES string of the molecule is CCCCCCCCCCSCC(C(N)=O)S(=O)(=O)O.[NaH]. The van der Waals surface area contributed by atoms with Crippen molar-refractivity contribution < 1.29 is 17.8 Å². The molecule has 0 aromatic heterocycles. The molecule has 1 amide bonds. The molecule has 0 radical (unpaired) electrons. The monoisotopic (exact) mass is 349 g/mol. The van der Waals surface area contributed by atoms with Crippen LogP contribution in [-0.2, 0) is 14.9 Å². The second-order valence-corrected chi connectivity index (χ2v) is 7.70. The first-order valence-electron chi connectivity index (χ1n) is 7.23. The number of carbonyl (C=O) groups is 1. The third kappa shape index (κ3) is 14.1. The molecular formula is C13H28NNaO4S2. The zero-order chi connectivity index (χ0) is 15.4. The summed E-state index contributed by atoms with van der Waals surface area (Å²) in [5.41, 5.74) is 4.95. The van der Waals surface area contributed by atoms with E-state index in [-0.39, 0.29) is 35.3 Å². The van der Waals surface area contributed by atoms with Crippen LogP contribution in [0.2, 0.25) is 0 Å². The average molecular weight is 349 g/mol. The van der Waals surface area contributed by atoms with Crippen molar-refractivity contribution in [2.45, 2.75) is 63.5 Å². The van der Waals surface area contributed by atoms with E-state index in [2.05, 4.69) is 6.92 Å². The number of rotatable bonds is 13. The number of primary amides is 1. The maximum atomic E-state index is 10.9. The van der Waals surface area contributed by atoms with E-state index in [1.807, 2.05) is 0 Å². The summed E-state index contributed by atoms with van der Waals surface area (Å²) in [7, 11) is -4.37. The third-order valence-electron chi connectivity index (χ3n) is 3.09. The Balaban J connectivity index is 0. The molecule has 0 aliphatic rings. The third-order valence-corrected chi connectivity index (χ3v) is 5.56. The van der Waals surface area contributed by atoms with Crippen LogP contribution in [0.4, 0.5) is 0 Å². The Bertz CT molecular complexity index is 363. The van der Waals surface area contributed by atoms with Gasteiger partial charge in [-0.1, -0.05) is 51.9 Å². The normalized spacial score (nSPS) is 12.7. The standard InChI is InChI=1S/C13H27NO4S2.Na.H/c1-2-3-4-5-6-7-8-9-10-19-11-12(13(14)15)20(16,17)18;;/h12H,2-11H2,1H3,(H2,14,15)(H,16,17,18);;. The fourth-order valence-corrected chi connectivity index (χ4v) is 4.07. The first-order chi connectivity index (χ1) is 9.39. The van der Waals surface area contributed by atoms with Gasteiger partial charge in [-0.25, -0.2) is 0 Å². The molecule has 0 saturated heterocycles. The minimum atomic E-state index is -4.37. The van der Waals surface area contributed by atoms with Crippen molar-refractivity contribution in [3.63, 3.8) is 0 Å². The molecule has 122 valence electrons. The van der Waals surface area contributed by atoms with Gasteiger partial charge < -0.3 is 5.73 Å². The Morgan fingerprint density at radius 3 is 2.00 bits per heavy atom. The minimum absolute atomic E-state index is 0. The molecule has 1 atom stereocenters. The van der Waals surface area contributed by atoms with E-state index in [0.717, 1.165) is 18.6 Å². The van der Waals surface area contributed by atoms with E-state index in [4.69, 9.17) is 10.3 Å². The van der Waals surface area contributed by atoms with Crippen LogP contribution in [0, 0.1) is 0 Å². The molecule has 0 bridgehead atoms. The summed E-state index contributed by atoms with van der Waals surface area (Å²) in [6.45, 7) is 2.20. The number of unbranched alkanes of at least 4 members (excludes halogenated alkanes) is 7. The summed E-state index contributed by atoms with van der Waals surface area (Å²) >= 11 is 1.35. The Labute approximate surface area is 155 Å². The second-order valence-electron chi connectivity index (χ2n) is 4.96. The Morgan fingerprint density at radius 1 is 1.10 bits per heavy atom. The first kappa shape index (κ1) is 24.0. The molecule has 1 unspecified atom stereocenters. The summed E-state index contributed by atoms with van der Waals surface area (Å²) < 4.78 is 30.7. The van der Waals surface area contributed by atoms with Crippen molar-refractivity contribution in [3.8, 4) is 0 Å². The Kier molecular flexibility index (Phi) is 16.4. The summed E-state index contributed by atoms with van der Waals surface area (Å²) in [4.78, 5) is 10.9. The van der Waals surface area contributed by atoms with E-state index < -0.39 is 21.3 Å². The summed E-state index contributed by atoms with van der Waals surface area (Å²) in [6, 6.07) is 0. The van der Waals surface area contributed by atoms with Gasteiger partial charge in [0.05, 0.1) is 0 Å². The van der Waals surface area contributed by atoms with Crippen molar-refractivity contribution in [2.24, 2.45) is 5.73 Å². The van der Waals surface area contributed by atoms with E-state index in [1.165, 1.54) is 50.3 Å². The molecule has 0 fully saturated rings. The molecule has 0 aromatic carbocycles. The maximum absolute atomic E-state index is 10.9. The van der Waals surface area contributed by atoms with Gasteiger partial charge in [-0.05, 0) is 12.2 Å². The van der Waals surface area contributed by atoms with E-state index >= 15 is 0 Å². The summed E-state index contributed by atoms with van der Waals surface area (Å²) in [5, 5.41) is -1.48. The molecule has 0 aromatic rings. The van der Waals surface area contributed by atoms with Crippen LogP contribution in [0.25, 0.3) is 0 Å². The molecule has 0 rings (SSSR count). The number of hydrogen-bond acceptors (Lipinski definition) is 4. The van der Waals surface area contributed by atoms with Crippen molar-refractivity contribution >= 4 is 57.3 Å². The van der Waals surface area contributed by atoms with Gasteiger partial charge in [0.1, 0.15) is 0 Å². The van der Waals surface area contributed by atoms with Crippen LogP contribution in [0.15, 0.2) is 0 Å². The van der Waals surface area contributed by atoms with Crippen molar-refractivity contribution in [3.05, 3.63) is 0 Å². The van der Waals surface area contributed by atoms with Gasteiger partial charge in [0.15, 0.2) is 5.25 Å². The Hall–Kier alpha value is 0.730. The van der Waals surface area contributed by atoms with Crippen LogP contribution < -0.4 is 5.73 Å². The molecule has 0 aliphatic heterocycles. The number of carbonyl (C=O) groups excluding carboxylic acids is 1. The number of thioether (sulfide) groups is 1. The summed E-state index contributed by atoms with van der Waals surface area (Å²) in [5.74, 6) is -0.172. The molecule has 8 heteroatoms. The quantitative estimate of drug-likeness (QED) is 0.301. The van der Waals surface area contributed by atoms with Gasteiger partial charge >= 0.3 is 29.6 Å².